The summed E-state index contributed by atoms with van der Waals surface area (Å²) in [6.45, 7) is 2.58. The molecule has 0 saturated carbocycles. The lowest BCUT2D eigenvalue weighted by molar-refractivity contribution is -0.384. The minimum absolute atomic E-state index is 0. The van der Waals surface area contributed by atoms with E-state index in [9.17, 15) is 20.0 Å². The molecule has 3 N–H and O–H groups in total. The summed E-state index contributed by atoms with van der Waals surface area (Å²) >= 11 is 0. The van der Waals surface area contributed by atoms with E-state index in [0.717, 1.165) is 11.3 Å². The highest BCUT2D eigenvalue weighted by molar-refractivity contribution is 5.75. The SMILES string of the molecule is O.O=C(O)C(c1ccccc1)N1CCN(c2ccc([N+](=O)[O-])cc2)CC1. The molecular formula is C18H21N3O5. The van der Waals surface area contributed by atoms with Crippen molar-refractivity contribution >= 4 is 17.3 Å². The van der Waals surface area contributed by atoms with Gasteiger partial charge in [-0.1, -0.05) is 30.3 Å². The smallest absolute Gasteiger partial charge is 0.325 e. The van der Waals surface area contributed by atoms with Gasteiger partial charge in [0.1, 0.15) is 6.04 Å². The van der Waals surface area contributed by atoms with Gasteiger partial charge in [-0.25, -0.2) is 0 Å². The van der Waals surface area contributed by atoms with Gasteiger partial charge in [0.25, 0.3) is 5.69 Å². The van der Waals surface area contributed by atoms with Crippen LogP contribution >= 0.6 is 0 Å². The van der Waals surface area contributed by atoms with Crippen molar-refractivity contribution in [2.45, 2.75) is 6.04 Å². The fourth-order valence-corrected chi connectivity index (χ4v) is 3.17. The van der Waals surface area contributed by atoms with E-state index in [2.05, 4.69) is 4.90 Å². The second kappa shape index (κ2) is 8.41. The van der Waals surface area contributed by atoms with E-state index >= 15 is 0 Å². The molecule has 1 fully saturated rings. The molecule has 0 bridgehead atoms. The second-order valence-electron chi connectivity index (χ2n) is 5.95. The fraction of sp³-hybridized carbons (Fsp3) is 0.278. The first-order chi connectivity index (χ1) is 12.1. The highest BCUT2D eigenvalue weighted by Gasteiger charge is 2.30. The number of nitro benzene ring substituents is 1. The van der Waals surface area contributed by atoms with Gasteiger partial charge in [0.2, 0.25) is 0 Å². The number of benzene rings is 2. The number of piperazine rings is 1. The molecule has 8 heteroatoms. The van der Waals surface area contributed by atoms with Crippen LogP contribution in [-0.2, 0) is 4.79 Å². The summed E-state index contributed by atoms with van der Waals surface area (Å²) < 4.78 is 0. The van der Waals surface area contributed by atoms with Gasteiger partial charge in [-0.15, -0.1) is 0 Å². The number of carbonyl (C=O) groups is 1. The molecule has 8 nitrogen and oxygen atoms in total. The van der Waals surface area contributed by atoms with E-state index in [-0.39, 0.29) is 11.2 Å². The highest BCUT2D eigenvalue weighted by atomic mass is 16.6. The van der Waals surface area contributed by atoms with Crippen LogP contribution in [0.1, 0.15) is 11.6 Å². The quantitative estimate of drug-likeness (QED) is 0.641. The number of hydrogen-bond acceptors (Lipinski definition) is 5. The number of carboxylic acid groups (broad SMARTS) is 1. The summed E-state index contributed by atoms with van der Waals surface area (Å²) in [6, 6.07) is 15.0. The van der Waals surface area contributed by atoms with Crippen molar-refractivity contribution in [3.63, 3.8) is 0 Å². The Labute approximate surface area is 150 Å². The number of aliphatic carboxylic acids is 1. The molecule has 0 radical (unpaired) electrons. The molecule has 1 aliphatic rings. The lowest BCUT2D eigenvalue weighted by atomic mass is 10.0. The van der Waals surface area contributed by atoms with Gasteiger partial charge in [0.05, 0.1) is 4.92 Å². The van der Waals surface area contributed by atoms with Crippen LogP contribution in [0.4, 0.5) is 11.4 Å². The minimum Gasteiger partial charge on any atom is -0.480 e. The van der Waals surface area contributed by atoms with Crippen LogP contribution in [0, 0.1) is 10.1 Å². The first kappa shape index (κ1) is 19.4. The van der Waals surface area contributed by atoms with Gasteiger partial charge in [-0.3, -0.25) is 19.8 Å². The Bertz CT molecular complexity index is 743. The Morgan fingerprint density at radius 3 is 2.08 bits per heavy atom. The van der Waals surface area contributed by atoms with Gasteiger partial charge >= 0.3 is 5.97 Å². The van der Waals surface area contributed by atoms with E-state index in [1.165, 1.54) is 12.1 Å². The fourth-order valence-electron chi connectivity index (χ4n) is 3.17. The molecular weight excluding hydrogens is 338 g/mol. The molecule has 1 saturated heterocycles. The number of hydrogen-bond donors (Lipinski definition) is 1. The first-order valence-corrected chi connectivity index (χ1v) is 8.07. The van der Waals surface area contributed by atoms with E-state index in [0.29, 0.717) is 26.2 Å². The van der Waals surface area contributed by atoms with Gasteiger partial charge < -0.3 is 15.5 Å². The van der Waals surface area contributed by atoms with Crippen molar-refractivity contribution in [2.24, 2.45) is 0 Å². The van der Waals surface area contributed by atoms with E-state index in [4.69, 9.17) is 0 Å². The van der Waals surface area contributed by atoms with Gasteiger partial charge in [0, 0.05) is 44.0 Å². The molecule has 2 aromatic carbocycles. The summed E-state index contributed by atoms with van der Waals surface area (Å²) in [5, 5.41) is 20.4. The molecule has 26 heavy (non-hydrogen) atoms. The van der Waals surface area contributed by atoms with E-state index in [1.54, 1.807) is 12.1 Å². The van der Waals surface area contributed by atoms with Gasteiger partial charge in [-0.05, 0) is 17.7 Å². The molecule has 1 atom stereocenters. The van der Waals surface area contributed by atoms with Crippen molar-refractivity contribution in [3.8, 4) is 0 Å². The summed E-state index contributed by atoms with van der Waals surface area (Å²) in [7, 11) is 0. The first-order valence-electron chi connectivity index (χ1n) is 8.07. The van der Waals surface area contributed by atoms with Gasteiger partial charge in [0.15, 0.2) is 0 Å². The standard InChI is InChI=1S/C18H19N3O4.H2O/c22-18(23)17(14-4-2-1-3-5-14)20-12-10-19(11-13-20)15-6-8-16(9-7-15)21(24)25;/h1-9,17H,10-13H2,(H,22,23);1H2. The van der Waals surface area contributed by atoms with Crippen LogP contribution in [0.15, 0.2) is 54.6 Å². The Balaban J connectivity index is 0.00000243. The van der Waals surface area contributed by atoms with Crippen LogP contribution in [0.25, 0.3) is 0 Å². The topological polar surface area (TPSA) is 118 Å². The maximum atomic E-state index is 11.7. The van der Waals surface area contributed by atoms with Crippen molar-refractivity contribution < 1.29 is 20.3 Å². The maximum Gasteiger partial charge on any atom is 0.325 e. The van der Waals surface area contributed by atoms with Crippen LogP contribution in [0.2, 0.25) is 0 Å². The average molecular weight is 359 g/mol. The van der Waals surface area contributed by atoms with Crippen LogP contribution in [0.3, 0.4) is 0 Å². The predicted molar refractivity (Wildman–Crippen MR) is 97.3 cm³/mol. The Morgan fingerprint density at radius 2 is 1.58 bits per heavy atom. The average Bonchev–Trinajstić information content (AvgIpc) is 2.63. The third-order valence-electron chi connectivity index (χ3n) is 4.45. The molecule has 1 heterocycles. The zero-order valence-corrected chi connectivity index (χ0v) is 14.1. The number of non-ortho nitro benzene ring substituents is 1. The van der Waals surface area contributed by atoms with Crippen molar-refractivity contribution in [2.75, 3.05) is 31.1 Å². The lowest BCUT2D eigenvalue weighted by Gasteiger charge is -2.38. The zero-order chi connectivity index (χ0) is 17.8. The second-order valence-corrected chi connectivity index (χ2v) is 5.95. The predicted octanol–water partition coefficient (Wildman–Crippen LogP) is 1.72. The molecule has 138 valence electrons. The molecule has 0 amide bonds. The molecule has 1 unspecified atom stereocenters. The number of carboxylic acids is 1. The normalized spacial score (nSPS) is 15.8. The third-order valence-corrected chi connectivity index (χ3v) is 4.45. The number of nitro groups is 1. The van der Waals surface area contributed by atoms with Crippen LogP contribution < -0.4 is 4.90 Å². The Morgan fingerprint density at radius 1 is 1.00 bits per heavy atom. The molecule has 0 aliphatic carbocycles. The minimum atomic E-state index is -0.852. The monoisotopic (exact) mass is 359 g/mol. The molecule has 3 rings (SSSR count). The summed E-state index contributed by atoms with van der Waals surface area (Å²) in [5.41, 5.74) is 1.76. The van der Waals surface area contributed by atoms with Crippen LogP contribution in [-0.4, -0.2) is 52.6 Å². The Hall–Kier alpha value is -2.97. The lowest BCUT2D eigenvalue weighted by Crippen LogP contribution is -2.49. The summed E-state index contributed by atoms with van der Waals surface area (Å²) in [5.74, 6) is -0.852. The summed E-state index contributed by atoms with van der Waals surface area (Å²) in [6.07, 6.45) is 0. The Kier molecular flexibility index (Phi) is 6.26. The highest BCUT2D eigenvalue weighted by Crippen LogP contribution is 2.25. The zero-order valence-electron chi connectivity index (χ0n) is 14.1. The largest absolute Gasteiger partial charge is 0.480 e. The third kappa shape index (κ3) is 4.16. The number of rotatable bonds is 5. The van der Waals surface area contributed by atoms with Crippen molar-refractivity contribution in [1.29, 1.82) is 0 Å². The van der Waals surface area contributed by atoms with E-state index < -0.39 is 16.9 Å². The molecule has 0 aromatic heterocycles. The molecule has 1 aliphatic heterocycles. The van der Waals surface area contributed by atoms with Crippen LogP contribution in [0.5, 0.6) is 0 Å². The number of anilines is 1. The van der Waals surface area contributed by atoms with E-state index in [1.807, 2.05) is 35.2 Å². The maximum absolute atomic E-state index is 11.7. The van der Waals surface area contributed by atoms with Gasteiger partial charge in [-0.2, -0.15) is 0 Å². The number of nitrogens with zero attached hydrogens (tertiary/aromatic N) is 3. The molecule has 2 aromatic rings. The summed E-state index contributed by atoms with van der Waals surface area (Å²) in [4.78, 5) is 26.1. The molecule has 0 spiro atoms. The van der Waals surface area contributed by atoms with Crippen molar-refractivity contribution in [1.82, 2.24) is 4.90 Å². The van der Waals surface area contributed by atoms with Crippen molar-refractivity contribution in [3.05, 3.63) is 70.3 Å².